The van der Waals surface area contributed by atoms with Crippen molar-refractivity contribution in [2.45, 2.75) is 0 Å². The summed E-state index contributed by atoms with van der Waals surface area (Å²) >= 11 is -0.549. The average molecular weight is 443 g/mol. The molecule has 0 nitrogen and oxygen atoms in total. The van der Waals surface area contributed by atoms with E-state index < -0.39 is 0 Å². The Hall–Kier alpha value is 1.90. The van der Waals surface area contributed by atoms with Crippen LogP contribution < -0.4 is 0 Å². The van der Waals surface area contributed by atoms with Crippen molar-refractivity contribution in [3.8, 4) is 0 Å². The summed E-state index contributed by atoms with van der Waals surface area (Å²) in [6.07, 6.45) is 0. The molecule has 0 radical (unpaired) electrons. The molecule has 0 rings (SSSR count). The van der Waals surface area contributed by atoms with E-state index in [1.165, 1.54) is 0 Å². The van der Waals surface area contributed by atoms with Gasteiger partial charge in [-0.05, 0) is 0 Å². The standard InChI is InChI=1S/2ClH.2Re/h2*1H;;/q;;2*+1/p-2. The predicted octanol–water partition coefficient (Wildman–Crippen LogP) is 1.37. The van der Waals surface area contributed by atoms with Crippen LogP contribution in [0.1, 0.15) is 0 Å². The van der Waals surface area contributed by atoms with Crippen LogP contribution in [0.2, 0.25) is 0 Å². The van der Waals surface area contributed by atoms with E-state index in [4.69, 9.17) is 19.1 Å². The zero-order valence-corrected chi connectivity index (χ0v) is 8.46. The molecule has 0 aromatic carbocycles. The maximum atomic E-state index is 5.27. The Labute approximate surface area is 45.2 Å². The molecule has 0 aromatic rings. The maximum absolute atomic E-state index is 5.27. The van der Waals surface area contributed by atoms with Crippen LogP contribution >= 0.6 is 19.1 Å². The van der Waals surface area contributed by atoms with Gasteiger partial charge in [-0.3, -0.25) is 0 Å². The molecule has 0 aromatic heterocycles. The van der Waals surface area contributed by atoms with Crippen molar-refractivity contribution in [3.63, 3.8) is 0 Å². The third kappa shape index (κ3) is 3.90. The predicted molar refractivity (Wildman–Crippen MR) is 11.7 cm³/mol. The van der Waals surface area contributed by atoms with Gasteiger partial charge in [0.1, 0.15) is 0 Å². The molecule has 0 unspecified atom stereocenters. The minimum absolute atomic E-state index is 0.275. The van der Waals surface area contributed by atoms with Gasteiger partial charge in [0.25, 0.3) is 0 Å². The van der Waals surface area contributed by atoms with Crippen molar-refractivity contribution in [1.82, 2.24) is 0 Å². The topological polar surface area (TPSA) is 0 Å². The molecule has 0 aliphatic rings. The van der Waals surface area contributed by atoms with Gasteiger partial charge in [-0.1, -0.05) is 0 Å². The molecule has 4 heavy (non-hydrogen) atoms. The summed E-state index contributed by atoms with van der Waals surface area (Å²) in [5.41, 5.74) is 0. The molecule has 0 saturated heterocycles. The van der Waals surface area contributed by atoms with Crippen LogP contribution in [0.4, 0.5) is 0 Å². The SMILES string of the molecule is [Cl][Re]#[Re][Cl]. The number of rotatable bonds is 0. The summed E-state index contributed by atoms with van der Waals surface area (Å²) in [7, 11) is 10.5. The van der Waals surface area contributed by atoms with Gasteiger partial charge in [0, 0.05) is 0 Å². The minimum atomic E-state index is -0.275. The van der Waals surface area contributed by atoms with Crippen molar-refractivity contribution >= 4 is 19.1 Å². The van der Waals surface area contributed by atoms with E-state index >= 15 is 0 Å². The van der Waals surface area contributed by atoms with Gasteiger partial charge in [-0.15, -0.1) is 0 Å². The van der Waals surface area contributed by atoms with E-state index in [2.05, 4.69) is 0 Å². The van der Waals surface area contributed by atoms with Gasteiger partial charge in [-0.2, -0.15) is 0 Å². The van der Waals surface area contributed by atoms with E-state index in [1.54, 1.807) is 0 Å². The number of halogens is 2. The van der Waals surface area contributed by atoms with Crippen molar-refractivity contribution in [3.05, 3.63) is 0 Å². The molecule has 28 valence electrons. The van der Waals surface area contributed by atoms with E-state index in [1.807, 2.05) is 0 Å². The summed E-state index contributed by atoms with van der Waals surface area (Å²) < 4.78 is 0. The van der Waals surface area contributed by atoms with Crippen LogP contribution in [0.3, 0.4) is 0 Å². The van der Waals surface area contributed by atoms with Crippen molar-refractivity contribution in [1.29, 1.82) is 0 Å². The monoisotopic (exact) mass is 444 g/mol. The molecular formula is Cl2Re2. The molecule has 0 atom stereocenters. The number of hydrogen-bond acceptors (Lipinski definition) is 0. The van der Waals surface area contributed by atoms with E-state index in [9.17, 15) is 0 Å². The molecule has 0 N–H and O–H groups in total. The summed E-state index contributed by atoms with van der Waals surface area (Å²) in [6, 6.07) is 0. The molecule has 0 heterocycles. The fraction of sp³-hybridized carbons (Fsp3) is 0. The fourth-order valence-electron chi connectivity index (χ4n) is 0. The average Bonchev–Trinajstić information content (AvgIpc) is 1.37. The Morgan fingerprint density at radius 2 is 1.25 bits per heavy atom. The summed E-state index contributed by atoms with van der Waals surface area (Å²) in [4.78, 5) is 0. The van der Waals surface area contributed by atoms with Crippen LogP contribution in [0.15, 0.2) is 0 Å². The molecule has 0 amide bonds. The van der Waals surface area contributed by atoms with Gasteiger partial charge in [0.2, 0.25) is 0 Å². The van der Waals surface area contributed by atoms with Crippen LogP contribution in [0.5, 0.6) is 0 Å². The Morgan fingerprint density at radius 3 is 1.25 bits per heavy atom. The Bertz CT molecular complexity index is 40.8. The summed E-state index contributed by atoms with van der Waals surface area (Å²) in [6.45, 7) is 0. The zero-order chi connectivity index (χ0) is 3.41. The second-order valence-corrected chi connectivity index (χ2v) is 21.7. The fourth-order valence-corrected chi connectivity index (χ4v) is 0. The van der Waals surface area contributed by atoms with Crippen molar-refractivity contribution in [2.75, 3.05) is 0 Å². The Morgan fingerprint density at radius 1 is 1.00 bits per heavy atom. The summed E-state index contributed by atoms with van der Waals surface area (Å²) in [5, 5.41) is 0. The van der Waals surface area contributed by atoms with Crippen LogP contribution in [0.25, 0.3) is 0 Å². The molecule has 0 aliphatic carbocycles. The van der Waals surface area contributed by atoms with Gasteiger partial charge in [0.15, 0.2) is 0 Å². The first-order chi connectivity index (χ1) is 1.91. The first-order valence-electron chi connectivity index (χ1n) is 0.429. The van der Waals surface area contributed by atoms with E-state index in [0.717, 1.165) is 0 Å². The Balaban J connectivity index is 2.83. The third-order valence-corrected chi connectivity index (χ3v) is 12.3. The molecule has 4 heteroatoms. The van der Waals surface area contributed by atoms with Crippen LogP contribution in [-0.4, -0.2) is 0 Å². The van der Waals surface area contributed by atoms with Crippen molar-refractivity contribution < 1.29 is 26.6 Å². The molecule has 0 aliphatic heterocycles. The van der Waals surface area contributed by atoms with Gasteiger partial charge in [-0.25, -0.2) is 0 Å². The Kier molecular flexibility index (Phi) is 7.24. The summed E-state index contributed by atoms with van der Waals surface area (Å²) in [5.74, 6) is 0. The quantitative estimate of drug-likeness (QED) is 0.531. The molecule has 0 bridgehead atoms. The van der Waals surface area contributed by atoms with Gasteiger partial charge < -0.3 is 0 Å². The number of hydrogen-bond donors (Lipinski definition) is 0. The van der Waals surface area contributed by atoms with Crippen LogP contribution in [-0.2, 0) is 26.6 Å². The van der Waals surface area contributed by atoms with Gasteiger partial charge in [0.05, 0.1) is 0 Å². The van der Waals surface area contributed by atoms with E-state index in [0.29, 0.717) is 0 Å². The molecule has 0 saturated carbocycles. The van der Waals surface area contributed by atoms with Crippen molar-refractivity contribution in [2.24, 2.45) is 0 Å². The zero-order valence-electron chi connectivity index (χ0n) is 1.51. The van der Waals surface area contributed by atoms with E-state index in [-0.39, 0.29) is 26.6 Å². The van der Waals surface area contributed by atoms with Gasteiger partial charge >= 0.3 is 45.7 Å². The van der Waals surface area contributed by atoms with Crippen LogP contribution in [0, 0.1) is 0 Å². The normalized spacial score (nSPS) is 5.50. The molecule has 0 spiro atoms. The first kappa shape index (κ1) is 5.90. The second-order valence-electron chi connectivity index (χ2n) is 0.108. The first-order valence-corrected chi connectivity index (χ1v) is 16.6. The second kappa shape index (κ2) is 4.90. The third-order valence-electron chi connectivity index (χ3n) is 0.0204. The molecule has 0 fully saturated rings. The molecular weight excluding hydrogens is 443 g/mol.